The van der Waals surface area contributed by atoms with Crippen LogP contribution >= 0.6 is 0 Å². The van der Waals surface area contributed by atoms with Crippen LogP contribution in [-0.4, -0.2) is 67.4 Å². The Kier molecular flexibility index (Phi) is 8.74. The maximum absolute atomic E-state index is 20.6. The normalized spacial score (nSPS) is 24.0. The molecule has 1 saturated heterocycles. The van der Waals surface area contributed by atoms with E-state index in [1.165, 1.54) is 17.7 Å². The van der Waals surface area contributed by atoms with Gasteiger partial charge in [0.2, 0.25) is 0 Å². The minimum atomic E-state index is -4.61. The zero-order valence-electron chi connectivity index (χ0n) is 26.4. The molecule has 1 fully saturated rings. The van der Waals surface area contributed by atoms with Crippen molar-refractivity contribution in [1.82, 2.24) is 0 Å². The number of hydrogen-bond donors (Lipinski definition) is 0. The van der Waals surface area contributed by atoms with Gasteiger partial charge in [0, 0.05) is 0 Å². The van der Waals surface area contributed by atoms with E-state index in [9.17, 15) is 0 Å². The first-order valence-corrected chi connectivity index (χ1v) is 40.4. The van der Waals surface area contributed by atoms with Gasteiger partial charge in [-0.15, -0.1) is 0 Å². The van der Waals surface area contributed by atoms with E-state index in [4.69, 9.17) is 0 Å². The molecule has 1 aliphatic heterocycles. The molecule has 0 atom stereocenters. The molecule has 0 aromatic heterocycles. The third kappa shape index (κ3) is 4.48. The molecule has 0 nitrogen and oxygen atoms in total. The first-order chi connectivity index (χ1) is 15.3. The molecule has 0 N–H and O–H groups in total. The van der Waals surface area contributed by atoms with E-state index in [2.05, 4.69) is 135 Å². The van der Waals surface area contributed by atoms with E-state index < -0.39 is 67.4 Å². The van der Waals surface area contributed by atoms with Gasteiger partial charge >= 0.3 is 232 Å². The standard InChI is InChI=1S/C20H52Si6.C7H7.FH.Sn/c1-21(2,3)19(22(4,5)6)25(13,14)17-18-26(15,16)20(23(7,8)9)24(10,11)12;1-7-5-3-2-4-6-7;;/h17-18H2,1-16H3;2-6H,1H2;1H;/q;;;+1/p-1. The van der Waals surface area contributed by atoms with Crippen LogP contribution in [0.4, 0.5) is 2.87 Å². The predicted molar refractivity (Wildman–Crippen MR) is 180 cm³/mol. The first kappa shape index (κ1) is 32.5. The van der Waals surface area contributed by atoms with Crippen molar-refractivity contribution in [3.05, 3.63) is 35.9 Å². The number of benzene rings is 1. The van der Waals surface area contributed by atoms with Crippen molar-refractivity contribution in [3.63, 3.8) is 0 Å². The average molecular weight is 690 g/mol. The van der Waals surface area contributed by atoms with Crippen molar-refractivity contribution >= 4 is 67.4 Å². The Morgan fingerprint density at radius 2 is 0.914 bits per heavy atom. The number of rotatable bonds is 6. The number of hydrogen-bond acceptors (Lipinski definition) is 0. The van der Waals surface area contributed by atoms with Crippen molar-refractivity contribution in [2.45, 2.75) is 126 Å². The molecule has 0 spiro atoms. The predicted octanol–water partition coefficient (Wildman–Crippen LogP) is 10.2. The van der Waals surface area contributed by atoms with E-state index in [1.807, 2.05) is 0 Å². The first-order valence-electron chi connectivity index (χ1n) is 14.0. The summed E-state index contributed by atoms with van der Waals surface area (Å²) in [6.07, 6.45) is 0. The fraction of sp³-hybridized carbons (Fsp3) is 0.778. The van der Waals surface area contributed by atoms with Crippen LogP contribution in [0.15, 0.2) is 30.3 Å². The molecule has 1 heterocycles. The summed E-state index contributed by atoms with van der Waals surface area (Å²) < 4.78 is 21.6. The van der Waals surface area contributed by atoms with Crippen molar-refractivity contribution in [1.29, 1.82) is 0 Å². The third-order valence-corrected chi connectivity index (χ3v) is 116. The second-order valence-electron chi connectivity index (χ2n) is 17.2. The van der Waals surface area contributed by atoms with Gasteiger partial charge in [0.05, 0.1) is 0 Å². The van der Waals surface area contributed by atoms with Crippen molar-refractivity contribution in [2.75, 3.05) is 0 Å². The van der Waals surface area contributed by atoms with Crippen LogP contribution in [-0.2, 0) is 4.44 Å². The van der Waals surface area contributed by atoms with Crippen molar-refractivity contribution in [3.8, 4) is 0 Å². The number of halogens is 1. The van der Waals surface area contributed by atoms with Gasteiger partial charge in [-0.2, -0.15) is 0 Å². The van der Waals surface area contributed by atoms with E-state index >= 15 is 2.87 Å². The molecule has 0 unspecified atom stereocenters. The van der Waals surface area contributed by atoms with E-state index in [0.29, 0.717) is 0 Å². The summed E-state index contributed by atoms with van der Waals surface area (Å²) in [5.74, 6) is 0. The van der Waals surface area contributed by atoms with Crippen LogP contribution in [0.25, 0.3) is 0 Å². The van der Waals surface area contributed by atoms with E-state index in [-0.39, 0.29) is 4.60 Å². The van der Waals surface area contributed by atoms with E-state index in [1.54, 1.807) is 0 Å². The van der Waals surface area contributed by atoms with Crippen LogP contribution in [0.3, 0.4) is 0 Å². The Morgan fingerprint density at radius 1 is 0.629 bits per heavy atom. The summed E-state index contributed by atoms with van der Waals surface area (Å²) in [5, 5.41) is 0. The summed E-state index contributed by atoms with van der Waals surface area (Å²) in [6.45, 7) is 42.4. The molecule has 0 radical (unpaired) electrons. The fourth-order valence-corrected chi connectivity index (χ4v) is 162. The molecular formula is C27H59FSi6Sn. The van der Waals surface area contributed by atoms with Crippen LogP contribution < -0.4 is 0 Å². The molecule has 0 aliphatic carbocycles. The van der Waals surface area contributed by atoms with Crippen LogP contribution in [0.5, 0.6) is 0 Å². The molecule has 202 valence electrons. The molecule has 0 saturated carbocycles. The monoisotopic (exact) mass is 690 g/mol. The molecule has 8 heteroatoms. The van der Waals surface area contributed by atoms with Gasteiger partial charge in [-0.1, -0.05) is 0 Å². The summed E-state index contributed by atoms with van der Waals surface area (Å²) >= 11 is -4.61. The van der Waals surface area contributed by atoms with Crippen LogP contribution in [0.1, 0.15) is 5.56 Å². The van der Waals surface area contributed by atoms with Gasteiger partial charge in [0.25, 0.3) is 0 Å². The molecular weight excluding hydrogens is 631 g/mol. The Morgan fingerprint density at radius 3 is 1.17 bits per heavy atom. The topological polar surface area (TPSA) is 0 Å². The molecule has 35 heavy (non-hydrogen) atoms. The quantitative estimate of drug-likeness (QED) is 0.261. The molecule has 2 rings (SSSR count). The average Bonchev–Trinajstić information content (AvgIpc) is 2.60. The summed E-state index contributed by atoms with van der Waals surface area (Å²) in [5.41, 5.74) is 1.34. The molecule has 0 bridgehead atoms. The van der Waals surface area contributed by atoms with Gasteiger partial charge in [0.15, 0.2) is 0 Å². The molecule has 0 amide bonds. The second-order valence-corrected chi connectivity index (χ2v) is 69.7. The molecule has 1 aliphatic rings. The molecule has 1 aromatic carbocycles. The SMILES string of the molecule is C[Si](C)(C)[C]1([Si](C)(C)C)[Si](C)(C)CC[Si](C)(C)[C]([Si](C)(C)C)([Si](C)(C)C)[Sn]1([F])[CH2]c1ccccc1. The van der Waals surface area contributed by atoms with Gasteiger partial charge in [-0.25, -0.2) is 0 Å². The molecule has 1 aromatic rings. The Labute approximate surface area is 230 Å². The van der Waals surface area contributed by atoms with Gasteiger partial charge in [0.1, 0.15) is 0 Å². The fourth-order valence-electron chi connectivity index (χ4n) is 12.2. The Bertz CT molecular complexity index is 821. The maximum atomic E-state index is 20.6. The van der Waals surface area contributed by atoms with Gasteiger partial charge in [-0.05, 0) is 0 Å². The second kappa shape index (κ2) is 9.42. The third-order valence-electron chi connectivity index (χ3n) is 10.4. The Hall–Kier alpha value is 1.25. The Balaban J connectivity index is 3.40. The summed E-state index contributed by atoms with van der Waals surface area (Å²) in [7, 11) is -11.4. The van der Waals surface area contributed by atoms with Crippen molar-refractivity contribution < 1.29 is 2.87 Å². The van der Waals surface area contributed by atoms with Gasteiger partial charge < -0.3 is 0 Å². The summed E-state index contributed by atoms with van der Waals surface area (Å²) in [6, 6.07) is 13.9. The van der Waals surface area contributed by atoms with E-state index in [0.717, 1.165) is 4.44 Å². The van der Waals surface area contributed by atoms with Crippen LogP contribution in [0.2, 0.25) is 121 Å². The van der Waals surface area contributed by atoms with Gasteiger partial charge in [-0.3, -0.25) is 0 Å². The van der Waals surface area contributed by atoms with Crippen molar-refractivity contribution in [2.24, 2.45) is 0 Å². The van der Waals surface area contributed by atoms with Crippen LogP contribution in [0, 0.1) is 0 Å². The zero-order chi connectivity index (χ0) is 27.7. The zero-order valence-corrected chi connectivity index (χ0v) is 35.2. The minimum absolute atomic E-state index is 0.110. The summed E-state index contributed by atoms with van der Waals surface area (Å²) in [4.78, 5) is 0.